The standard InChI is InChI=1S/C10H13NO4S/c1-14-9-5-4-7(10(12)15-2)6-8(9)11-16(3)13/h4-6,11H,1-3H3. The smallest absolute Gasteiger partial charge is 0.337 e. The highest BCUT2D eigenvalue weighted by Crippen LogP contribution is 2.25. The summed E-state index contributed by atoms with van der Waals surface area (Å²) in [6.07, 6.45) is 1.49. The van der Waals surface area contributed by atoms with E-state index in [0.717, 1.165) is 0 Å². The minimum Gasteiger partial charge on any atom is -0.495 e. The van der Waals surface area contributed by atoms with E-state index in [-0.39, 0.29) is 0 Å². The first-order valence-electron chi connectivity index (χ1n) is 4.45. The van der Waals surface area contributed by atoms with Crippen molar-refractivity contribution in [2.24, 2.45) is 0 Å². The Bertz CT molecular complexity index is 419. The Morgan fingerprint density at radius 1 is 1.38 bits per heavy atom. The van der Waals surface area contributed by atoms with Gasteiger partial charge in [0.1, 0.15) is 16.7 Å². The summed E-state index contributed by atoms with van der Waals surface area (Å²) in [5.41, 5.74) is 0.863. The fourth-order valence-corrected chi connectivity index (χ4v) is 1.66. The minimum absolute atomic E-state index is 0.372. The van der Waals surface area contributed by atoms with Gasteiger partial charge in [-0.3, -0.25) is 0 Å². The van der Waals surface area contributed by atoms with Crippen molar-refractivity contribution in [2.45, 2.75) is 0 Å². The lowest BCUT2D eigenvalue weighted by Gasteiger charge is -2.10. The summed E-state index contributed by atoms with van der Waals surface area (Å²) in [5.74, 6) is 0.0652. The second-order valence-corrected chi connectivity index (χ2v) is 4.08. The van der Waals surface area contributed by atoms with Crippen LogP contribution >= 0.6 is 0 Å². The fraction of sp³-hybridized carbons (Fsp3) is 0.300. The predicted molar refractivity (Wildman–Crippen MR) is 62.0 cm³/mol. The van der Waals surface area contributed by atoms with Crippen molar-refractivity contribution in [1.29, 1.82) is 0 Å². The van der Waals surface area contributed by atoms with Crippen LogP contribution in [0.1, 0.15) is 10.4 Å². The van der Waals surface area contributed by atoms with Crippen LogP contribution in [0.2, 0.25) is 0 Å². The number of methoxy groups -OCH3 is 2. The molecule has 0 bridgehead atoms. The van der Waals surface area contributed by atoms with Crippen LogP contribution in [0.25, 0.3) is 0 Å². The number of anilines is 1. The van der Waals surface area contributed by atoms with Crippen molar-refractivity contribution in [2.75, 3.05) is 25.2 Å². The van der Waals surface area contributed by atoms with E-state index in [1.807, 2.05) is 0 Å². The first-order valence-corrected chi connectivity index (χ1v) is 6.00. The predicted octanol–water partition coefficient (Wildman–Crippen LogP) is 1.19. The Balaban J connectivity index is 3.10. The van der Waals surface area contributed by atoms with Gasteiger partial charge in [-0.25, -0.2) is 9.00 Å². The summed E-state index contributed by atoms with van der Waals surface area (Å²) in [7, 11) is 1.57. The average molecular weight is 243 g/mol. The molecule has 0 aliphatic rings. The molecule has 6 heteroatoms. The van der Waals surface area contributed by atoms with E-state index in [1.54, 1.807) is 12.1 Å². The molecule has 0 saturated carbocycles. The van der Waals surface area contributed by atoms with Gasteiger partial charge in [0.05, 0.1) is 25.5 Å². The highest BCUT2D eigenvalue weighted by Gasteiger charge is 2.10. The number of ether oxygens (including phenoxy) is 2. The number of hydrogen-bond donors (Lipinski definition) is 1. The van der Waals surface area contributed by atoms with E-state index in [0.29, 0.717) is 17.0 Å². The lowest BCUT2D eigenvalue weighted by molar-refractivity contribution is 0.0601. The van der Waals surface area contributed by atoms with Crippen molar-refractivity contribution in [3.63, 3.8) is 0 Å². The van der Waals surface area contributed by atoms with Crippen LogP contribution in [0, 0.1) is 0 Å². The van der Waals surface area contributed by atoms with Crippen LogP contribution in [0.3, 0.4) is 0 Å². The number of nitrogens with one attached hydrogen (secondary N) is 1. The molecular weight excluding hydrogens is 230 g/mol. The van der Waals surface area contributed by atoms with Crippen molar-refractivity contribution in [3.8, 4) is 5.75 Å². The number of esters is 1. The molecule has 0 fully saturated rings. The van der Waals surface area contributed by atoms with Crippen LogP contribution in [0.15, 0.2) is 18.2 Å². The van der Waals surface area contributed by atoms with Gasteiger partial charge in [-0.1, -0.05) is 0 Å². The van der Waals surface area contributed by atoms with E-state index >= 15 is 0 Å². The Morgan fingerprint density at radius 2 is 2.06 bits per heavy atom. The molecule has 0 aliphatic carbocycles. The van der Waals surface area contributed by atoms with Gasteiger partial charge in [-0.05, 0) is 18.2 Å². The molecule has 0 heterocycles. The fourth-order valence-electron chi connectivity index (χ4n) is 1.19. The average Bonchev–Trinajstić information content (AvgIpc) is 2.27. The molecule has 1 rings (SSSR count). The van der Waals surface area contributed by atoms with E-state index < -0.39 is 17.0 Å². The number of carbonyl (C=O) groups is 1. The SMILES string of the molecule is COC(=O)c1ccc(OC)c(NS(C)=O)c1. The molecule has 0 aromatic heterocycles. The third kappa shape index (κ3) is 2.96. The molecule has 1 atom stereocenters. The maximum Gasteiger partial charge on any atom is 0.337 e. The summed E-state index contributed by atoms with van der Waals surface area (Å²) in [4.78, 5) is 11.3. The third-order valence-corrected chi connectivity index (χ3v) is 2.38. The number of benzene rings is 1. The van der Waals surface area contributed by atoms with Gasteiger partial charge < -0.3 is 14.2 Å². The molecule has 1 aromatic carbocycles. The van der Waals surface area contributed by atoms with Crippen LogP contribution in [0.5, 0.6) is 5.75 Å². The Kier molecular flexibility index (Phi) is 4.30. The van der Waals surface area contributed by atoms with Gasteiger partial charge in [0.25, 0.3) is 0 Å². The molecule has 1 unspecified atom stereocenters. The molecule has 0 aliphatic heterocycles. The molecular formula is C10H13NO4S. The van der Waals surface area contributed by atoms with Gasteiger partial charge in [0.2, 0.25) is 0 Å². The van der Waals surface area contributed by atoms with Crippen molar-refractivity contribution >= 4 is 22.6 Å². The van der Waals surface area contributed by atoms with Crippen LogP contribution < -0.4 is 9.46 Å². The lowest BCUT2D eigenvalue weighted by atomic mass is 10.2. The second kappa shape index (κ2) is 5.50. The molecule has 88 valence electrons. The van der Waals surface area contributed by atoms with Crippen molar-refractivity contribution in [3.05, 3.63) is 23.8 Å². The number of hydrogen-bond acceptors (Lipinski definition) is 4. The minimum atomic E-state index is -1.23. The maximum atomic E-state index is 11.3. The highest BCUT2D eigenvalue weighted by atomic mass is 32.2. The Hall–Kier alpha value is -1.56. The monoisotopic (exact) mass is 243 g/mol. The van der Waals surface area contributed by atoms with E-state index in [4.69, 9.17) is 4.74 Å². The topological polar surface area (TPSA) is 64.6 Å². The molecule has 0 amide bonds. The number of carbonyl (C=O) groups excluding carboxylic acids is 1. The summed E-state index contributed by atoms with van der Waals surface area (Å²) in [6, 6.07) is 4.72. The zero-order chi connectivity index (χ0) is 12.1. The van der Waals surface area contributed by atoms with E-state index in [1.165, 1.54) is 26.5 Å². The van der Waals surface area contributed by atoms with Crippen LogP contribution in [0.4, 0.5) is 5.69 Å². The summed E-state index contributed by atoms with van der Waals surface area (Å²) >= 11 is 0. The lowest BCUT2D eigenvalue weighted by Crippen LogP contribution is -2.06. The largest absolute Gasteiger partial charge is 0.495 e. The molecule has 1 aromatic rings. The summed E-state index contributed by atoms with van der Waals surface area (Å²) in [6.45, 7) is 0. The molecule has 1 N–H and O–H groups in total. The van der Waals surface area contributed by atoms with Crippen molar-refractivity contribution in [1.82, 2.24) is 0 Å². The summed E-state index contributed by atoms with van der Waals surface area (Å²) in [5, 5.41) is 0. The Morgan fingerprint density at radius 3 is 2.56 bits per heavy atom. The Labute approximate surface area is 96.3 Å². The molecule has 16 heavy (non-hydrogen) atoms. The van der Waals surface area contributed by atoms with Crippen LogP contribution in [-0.2, 0) is 15.7 Å². The quantitative estimate of drug-likeness (QED) is 0.807. The van der Waals surface area contributed by atoms with Crippen LogP contribution in [-0.4, -0.2) is 30.7 Å². The first kappa shape index (κ1) is 12.5. The zero-order valence-electron chi connectivity index (χ0n) is 9.27. The second-order valence-electron chi connectivity index (χ2n) is 2.96. The number of rotatable bonds is 4. The highest BCUT2D eigenvalue weighted by molar-refractivity contribution is 7.85. The van der Waals surface area contributed by atoms with Gasteiger partial charge >= 0.3 is 5.97 Å². The maximum absolute atomic E-state index is 11.3. The molecule has 5 nitrogen and oxygen atoms in total. The van der Waals surface area contributed by atoms with Gasteiger partial charge in [0.15, 0.2) is 0 Å². The molecule has 0 saturated heterocycles. The van der Waals surface area contributed by atoms with Gasteiger partial charge in [-0.2, -0.15) is 0 Å². The van der Waals surface area contributed by atoms with E-state index in [2.05, 4.69) is 9.46 Å². The normalized spacial score (nSPS) is 11.7. The van der Waals surface area contributed by atoms with Gasteiger partial charge in [-0.15, -0.1) is 0 Å². The van der Waals surface area contributed by atoms with Gasteiger partial charge in [0, 0.05) is 6.26 Å². The summed E-state index contributed by atoms with van der Waals surface area (Å²) < 4.78 is 23.4. The first-order chi connectivity index (χ1) is 7.58. The van der Waals surface area contributed by atoms with E-state index in [9.17, 15) is 9.00 Å². The van der Waals surface area contributed by atoms with Crippen molar-refractivity contribution < 1.29 is 18.5 Å². The molecule has 0 radical (unpaired) electrons. The zero-order valence-corrected chi connectivity index (χ0v) is 10.1. The molecule has 0 spiro atoms. The third-order valence-electron chi connectivity index (χ3n) is 1.87.